The molecular formula is C13H26ClN. The van der Waals surface area contributed by atoms with Crippen LogP contribution in [0.1, 0.15) is 55.2 Å². The smallest absolute Gasteiger partial charge is 0.0168 e. The maximum absolute atomic E-state index is 6.58. The molecule has 15 heavy (non-hydrogen) atoms. The summed E-state index contributed by atoms with van der Waals surface area (Å²) in [4.78, 5) is 0. The summed E-state index contributed by atoms with van der Waals surface area (Å²) in [5.74, 6) is 0.975. The van der Waals surface area contributed by atoms with Crippen molar-refractivity contribution < 1.29 is 2.85 Å². The van der Waals surface area contributed by atoms with Crippen molar-refractivity contribution in [1.29, 1.82) is 0 Å². The number of rotatable bonds is 0. The zero-order valence-corrected chi connectivity index (χ0v) is 10.6. The topological polar surface area (TPSA) is 26.0 Å². The van der Waals surface area contributed by atoms with Crippen LogP contribution < -0.4 is 5.73 Å². The number of hydrogen-bond donors (Lipinski definition) is 1. The minimum absolute atomic E-state index is 0. The van der Waals surface area contributed by atoms with Gasteiger partial charge in [0.25, 0.3) is 0 Å². The zero-order valence-electron chi connectivity index (χ0n) is 9.81. The van der Waals surface area contributed by atoms with E-state index in [-0.39, 0.29) is 20.8 Å². The van der Waals surface area contributed by atoms with E-state index in [4.69, 9.17) is 5.73 Å². The van der Waals surface area contributed by atoms with Crippen LogP contribution in [0.3, 0.4) is 0 Å². The molecule has 4 aliphatic rings. The molecular weight excluding hydrogens is 206 g/mol. The van der Waals surface area contributed by atoms with Crippen molar-refractivity contribution in [1.82, 2.24) is 0 Å². The van der Waals surface area contributed by atoms with E-state index in [1.54, 1.807) is 0 Å². The molecule has 5 unspecified atom stereocenters. The van der Waals surface area contributed by atoms with Crippen LogP contribution in [0.4, 0.5) is 0 Å². The summed E-state index contributed by atoms with van der Waals surface area (Å²) in [5, 5.41) is 0. The first-order chi connectivity index (χ1) is 6.41. The highest BCUT2D eigenvalue weighted by Gasteiger charge is 2.80. The van der Waals surface area contributed by atoms with Gasteiger partial charge in [-0.2, -0.15) is 0 Å². The third-order valence-electron chi connectivity index (χ3n) is 6.56. The van der Waals surface area contributed by atoms with Crippen molar-refractivity contribution in [3.63, 3.8) is 0 Å². The van der Waals surface area contributed by atoms with Gasteiger partial charge in [-0.25, -0.2) is 0 Å². The Balaban J connectivity index is 0.000000482. The van der Waals surface area contributed by atoms with Crippen LogP contribution in [0.2, 0.25) is 0 Å². The normalized spacial score (nSPS) is 68.6. The van der Waals surface area contributed by atoms with Gasteiger partial charge in [-0.1, -0.05) is 13.8 Å². The Hall–Kier alpha value is 0.250. The summed E-state index contributed by atoms with van der Waals surface area (Å²) in [5.41, 5.74) is 8.81. The predicted octanol–water partition coefficient (Wildman–Crippen LogP) is 3.61. The molecule has 2 N–H and O–H groups in total. The summed E-state index contributed by atoms with van der Waals surface area (Å²) in [6.45, 7) is 5.07. The average Bonchev–Trinajstić information content (AvgIpc) is 2.22. The Morgan fingerprint density at radius 2 is 1.73 bits per heavy atom. The second kappa shape index (κ2) is 2.26. The highest BCUT2D eigenvalue weighted by molar-refractivity contribution is 5.85. The number of nitrogens with two attached hydrogens (primary N) is 1. The standard InChI is InChI=1S/C13H21N.ClH.2H2/c1-10-3-9-4-12(14)7-11(2,6-10)13(10,5-9)8-12;;;/h9H,3-8,14H2,1-2H3;3*1H. The molecule has 5 atom stereocenters. The predicted molar refractivity (Wildman–Crippen MR) is 68.2 cm³/mol. The molecule has 4 saturated carbocycles. The second-order valence-corrected chi connectivity index (χ2v) is 7.57. The molecule has 3 bridgehead atoms. The molecule has 90 valence electrons. The van der Waals surface area contributed by atoms with Gasteiger partial charge in [0.05, 0.1) is 0 Å². The molecule has 0 aromatic carbocycles. The molecule has 0 aromatic rings. The lowest BCUT2D eigenvalue weighted by Crippen LogP contribution is -2.57. The fourth-order valence-electron chi connectivity index (χ4n) is 6.82. The third kappa shape index (κ3) is 0.814. The molecule has 0 heterocycles. The van der Waals surface area contributed by atoms with E-state index in [0.717, 1.165) is 5.92 Å². The molecule has 4 rings (SSSR count). The lowest BCUT2D eigenvalue weighted by atomic mass is 9.40. The quantitative estimate of drug-likeness (QED) is 0.677. The average molecular weight is 232 g/mol. The Bertz CT molecular complexity index is 350. The van der Waals surface area contributed by atoms with Gasteiger partial charge >= 0.3 is 0 Å². The molecule has 0 aliphatic heterocycles. The summed E-state index contributed by atoms with van der Waals surface area (Å²) >= 11 is 0. The van der Waals surface area contributed by atoms with E-state index in [2.05, 4.69) is 13.8 Å². The van der Waals surface area contributed by atoms with Crippen LogP contribution in [0.25, 0.3) is 0 Å². The van der Waals surface area contributed by atoms with Crippen LogP contribution in [-0.4, -0.2) is 5.54 Å². The molecule has 2 heteroatoms. The molecule has 4 fully saturated rings. The lowest BCUT2D eigenvalue weighted by Gasteiger charge is -2.64. The van der Waals surface area contributed by atoms with E-state index < -0.39 is 0 Å². The number of fused-ring (bicyclic) bond motifs is 2. The van der Waals surface area contributed by atoms with Crippen molar-refractivity contribution >= 4 is 12.4 Å². The van der Waals surface area contributed by atoms with Gasteiger partial charge < -0.3 is 5.73 Å². The van der Waals surface area contributed by atoms with Gasteiger partial charge in [-0.05, 0) is 60.7 Å². The molecule has 0 radical (unpaired) electrons. The summed E-state index contributed by atoms with van der Waals surface area (Å²) in [6, 6.07) is 0. The monoisotopic (exact) mass is 231 g/mol. The van der Waals surface area contributed by atoms with Gasteiger partial charge in [-0.3, -0.25) is 0 Å². The summed E-state index contributed by atoms with van der Waals surface area (Å²) < 4.78 is 0. The molecule has 0 amide bonds. The molecule has 4 aliphatic carbocycles. The van der Waals surface area contributed by atoms with E-state index in [0.29, 0.717) is 16.2 Å². The van der Waals surface area contributed by atoms with Gasteiger partial charge in [-0.15, -0.1) is 12.4 Å². The Labute approximate surface area is 102 Å². The molecule has 0 aromatic heterocycles. The highest BCUT2D eigenvalue weighted by atomic mass is 35.5. The Morgan fingerprint density at radius 3 is 2.47 bits per heavy atom. The van der Waals surface area contributed by atoms with Crippen molar-refractivity contribution in [2.24, 2.45) is 27.9 Å². The third-order valence-corrected chi connectivity index (χ3v) is 6.56. The van der Waals surface area contributed by atoms with Crippen molar-refractivity contribution in [2.75, 3.05) is 0 Å². The highest BCUT2D eigenvalue weighted by Crippen LogP contribution is 2.86. The largest absolute Gasteiger partial charge is 0.325 e. The van der Waals surface area contributed by atoms with Gasteiger partial charge in [0.15, 0.2) is 0 Å². The zero-order chi connectivity index (χ0) is 9.82. The summed E-state index contributed by atoms with van der Waals surface area (Å²) in [6.07, 6.45) is 8.48. The van der Waals surface area contributed by atoms with Crippen molar-refractivity contribution in [3.05, 3.63) is 0 Å². The summed E-state index contributed by atoms with van der Waals surface area (Å²) in [7, 11) is 0. The maximum atomic E-state index is 6.58. The van der Waals surface area contributed by atoms with Crippen LogP contribution in [-0.2, 0) is 0 Å². The van der Waals surface area contributed by atoms with Crippen LogP contribution >= 0.6 is 12.4 Å². The van der Waals surface area contributed by atoms with E-state index in [1.807, 2.05) is 0 Å². The van der Waals surface area contributed by atoms with E-state index >= 15 is 0 Å². The minimum Gasteiger partial charge on any atom is -0.325 e. The fraction of sp³-hybridized carbons (Fsp3) is 1.00. The molecule has 1 nitrogen and oxygen atoms in total. The molecule has 1 spiro atoms. The van der Waals surface area contributed by atoms with Crippen LogP contribution in [0, 0.1) is 22.2 Å². The van der Waals surface area contributed by atoms with E-state index in [9.17, 15) is 0 Å². The maximum Gasteiger partial charge on any atom is 0.0168 e. The molecule has 0 saturated heterocycles. The Kier molecular flexibility index (Phi) is 1.57. The number of hydrogen-bond acceptors (Lipinski definition) is 1. The van der Waals surface area contributed by atoms with Crippen molar-refractivity contribution in [2.45, 2.75) is 57.9 Å². The van der Waals surface area contributed by atoms with E-state index in [1.165, 1.54) is 38.5 Å². The Morgan fingerprint density at radius 1 is 1.00 bits per heavy atom. The first-order valence-electron chi connectivity index (χ1n) is 6.20. The van der Waals surface area contributed by atoms with Crippen LogP contribution in [0.5, 0.6) is 0 Å². The number of halogens is 1. The van der Waals surface area contributed by atoms with Crippen LogP contribution in [0.15, 0.2) is 0 Å². The SMILES string of the molecule is CC12CC3CC4(N)CC(C)(C1)C2(C3)C4.Cl.[HH].[HH]. The minimum atomic E-state index is 0. The first kappa shape index (κ1) is 10.4. The van der Waals surface area contributed by atoms with Crippen molar-refractivity contribution in [3.8, 4) is 0 Å². The lowest BCUT2D eigenvalue weighted by molar-refractivity contribution is -0.157. The van der Waals surface area contributed by atoms with Gasteiger partial charge in [0.2, 0.25) is 0 Å². The first-order valence-corrected chi connectivity index (χ1v) is 6.20. The van der Waals surface area contributed by atoms with Gasteiger partial charge in [0.1, 0.15) is 0 Å². The van der Waals surface area contributed by atoms with Gasteiger partial charge in [0, 0.05) is 8.39 Å². The second-order valence-electron chi connectivity index (χ2n) is 7.57. The fourth-order valence-corrected chi connectivity index (χ4v) is 6.82.